The maximum Gasteiger partial charge on any atom is 0.341 e. The Morgan fingerprint density at radius 1 is 1.31 bits per heavy atom. The van der Waals surface area contributed by atoms with Crippen molar-refractivity contribution in [3.05, 3.63) is 56.9 Å². The lowest BCUT2D eigenvalue weighted by Crippen LogP contribution is -2.16. The second-order valence-corrected chi connectivity index (χ2v) is 7.62. The SMILES string of the molecule is CCc1c(C)sc(NC(=O)C=Cc2ccccc2Cl)c1C(=O)OC(C)C. The summed E-state index contributed by atoms with van der Waals surface area (Å²) in [5.41, 5.74) is 2.11. The zero-order chi connectivity index (χ0) is 19.3. The number of hydrogen-bond donors (Lipinski definition) is 1. The fourth-order valence-electron chi connectivity index (χ4n) is 2.51. The molecule has 138 valence electrons. The first kappa shape index (κ1) is 20.2. The number of halogens is 1. The van der Waals surface area contributed by atoms with Crippen molar-refractivity contribution in [3.63, 3.8) is 0 Å². The van der Waals surface area contributed by atoms with Crippen LogP contribution in [0, 0.1) is 6.92 Å². The molecule has 6 heteroatoms. The van der Waals surface area contributed by atoms with Gasteiger partial charge in [-0.1, -0.05) is 36.7 Å². The van der Waals surface area contributed by atoms with Gasteiger partial charge in [-0.2, -0.15) is 0 Å². The lowest BCUT2D eigenvalue weighted by Gasteiger charge is -2.10. The molecule has 0 saturated heterocycles. The van der Waals surface area contributed by atoms with Gasteiger partial charge in [-0.3, -0.25) is 4.79 Å². The van der Waals surface area contributed by atoms with Crippen LogP contribution in [0.2, 0.25) is 5.02 Å². The number of ether oxygens (including phenoxy) is 1. The van der Waals surface area contributed by atoms with E-state index in [2.05, 4.69) is 5.32 Å². The van der Waals surface area contributed by atoms with Crippen LogP contribution in [0.25, 0.3) is 6.08 Å². The second-order valence-electron chi connectivity index (χ2n) is 5.99. The molecule has 0 unspecified atom stereocenters. The average Bonchev–Trinajstić information content (AvgIpc) is 2.88. The molecule has 0 aliphatic rings. The summed E-state index contributed by atoms with van der Waals surface area (Å²) in [7, 11) is 0. The fourth-order valence-corrected chi connectivity index (χ4v) is 3.85. The topological polar surface area (TPSA) is 55.4 Å². The number of benzene rings is 1. The number of aryl methyl sites for hydroxylation is 1. The van der Waals surface area contributed by atoms with Crippen LogP contribution in [0.4, 0.5) is 5.00 Å². The molecule has 1 N–H and O–H groups in total. The van der Waals surface area contributed by atoms with Crippen molar-refractivity contribution < 1.29 is 14.3 Å². The monoisotopic (exact) mass is 391 g/mol. The Morgan fingerprint density at radius 2 is 2.00 bits per heavy atom. The zero-order valence-electron chi connectivity index (χ0n) is 15.3. The Kier molecular flexibility index (Phi) is 7.00. The zero-order valence-corrected chi connectivity index (χ0v) is 16.8. The van der Waals surface area contributed by atoms with Crippen molar-refractivity contribution in [3.8, 4) is 0 Å². The first-order valence-electron chi connectivity index (χ1n) is 8.40. The highest BCUT2D eigenvalue weighted by Crippen LogP contribution is 2.34. The predicted molar refractivity (Wildman–Crippen MR) is 108 cm³/mol. The van der Waals surface area contributed by atoms with Crippen LogP contribution in [-0.4, -0.2) is 18.0 Å². The molecular weight excluding hydrogens is 370 g/mol. The quantitative estimate of drug-likeness (QED) is 0.523. The van der Waals surface area contributed by atoms with Crippen LogP contribution < -0.4 is 5.32 Å². The largest absolute Gasteiger partial charge is 0.459 e. The van der Waals surface area contributed by atoms with Crippen LogP contribution in [0.1, 0.15) is 47.1 Å². The minimum atomic E-state index is -0.411. The summed E-state index contributed by atoms with van der Waals surface area (Å²) in [5, 5.41) is 3.88. The van der Waals surface area contributed by atoms with E-state index in [0.29, 0.717) is 22.0 Å². The first-order valence-corrected chi connectivity index (χ1v) is 9.59. The van der Waals surface area contributed by atoms with Crippen LogP contribution >= 0.6 is 22.9 Å². The summed E-state index contributed by atoms with van der Waals surface area (Å²) in [6.07, 6.45) is 3.51. The molecule has 4 nitrogen and oxygen atoms in total. The maximum absolute atomic E-state index is 12.5. The van der Waals surface area contributed by atoms with E-state index in [1.54, 1.807) is 26.0 Å². The molecular formula is C20H22ClNO3S. The van der Waals surface area contributed by atoms with Gasteiger partial charge in [0.05, 0.1) is 11.7 Å². The first-order chi connectivity index (χ1) is 12.3. The number of amides is 1. The summed E-state index contributed by atoms with van der Waals surface area (Å²) >= 11 is 7.47. The Morgan fingerprint density at radius 3 is 2.62 bits per heavy atom. The molecule has 0 spiro atoms. The maximum atomic E-state index is 12.5. The number of nitrogens with one attached hydrogen (secondary N) is 1. The molecule has 26 heavy (non-hydrogen) atoms. The van der Waals surface area contributed by atoms with E-state index in [9.17, 15) is 9.59 Å². The van der Waals surface area contributed by atoms with Gasteiger partial charge in [-0.25, -0.2) is 4.79 Å². The molecule has 0 aliphatic heterocycles. The average molecular weight is 392 g/mol. The predicted octanol–water partition coefficient (Wildman–Crippen LogP) is 5.49. The van der Waals surface area contributed by atoms with Gasteiger partial charge in [0.2, 0.25) is 5.91 Å². The highest BCUT2D eigenvalue weighted by molar-refractivity contribution is 7.16. The molecule has 0 saturated carbocycles. The number of rotatable bonds is 6. The van der Waals surface area contributed by atoms with Crippen LogP contribution in [-0.2, 0) is 16.0 Å². The van der Waals surface area contributed by atoms with Crippen molar-refractivity contribution >= 4 is 45.9 Å². The number of hydrogen-bond acceptors (Lipinski definition) is 4. The van der Waals surface area contributed by atoms with Crippen molar-refractivity contribution in [2.45, 2.75) is 40.2 Å². The molecule has 0 bridgehead atoms. The number of carbonyl (C=O) groups excluding carboxylic acids is 2. The molecule has 0 atom stereocenters. The highest BCUT2D eigenvalue weighted by Gasteiger charge is 2.23. The van der Waals surface area contributed by atoms with Gasteiger partial charge in [0.15, 0.2) is 0 Å². The van der Waals surface area contributed by atoms with E-state index < -0.39 is 5.97 Å². The van der Waals surface area contributed by atoms with E-state index in [4.69, 9.17) is 16.3 Å². The van der Waals surface area contributed by atoms with Gasteiger partial charge in [0.25, 0.3) is 0 Å². The molecule has 0 radical (unpaired) electrons. The molecule has 2 aromatic rings. The summed E-state index contributed by atoms with van der Waals surface area (Å²) < 4.78 is 5.34. The smallest absolute Gasteiger partial charge is 0.341 e. The molecule has 1 heterocycles. The molecule has 2 rings (SSSR count). The molecule has 1 aromatic heterocycles. The summed E-state index contributed by atoms with van der Waals surface area (Å²) in [5.74, 6) is -0.737. The van der Waals surface area contributed by atoms with E-state index in [-0.39, 0.29) is 12.0 Å². The molecule has 0 aliphatic carbocycles. The minimum absolute atomic E-state index is 0.226. The Balaban J connectivity index is 2.24. The molecule has 1 amide bonds. The van der Waals surface area contributed by atoms with Gasteiger partial charge < -0.3 is 10.1 Å². The fraction of sp³-hybridized carbons (Fsp3) is 0.300. The lowest BCUT2D eigenvalue weighted by molar-refractivity contribution is -0.111. The van der Waals surface area contributed by atoms with Gasteiger partial charge >= 0.3 is 5.97 Å². The van der Waals surface area contributed by atoms with Gasteiger partial charge in [0.1, 0.15) is 5.00 Å². The van der Waals surface area contributed by atoms with Crippen molar-refractivity contribution in [1.29, 1.82) is 0 Å². The lowest BCUT2D eigenvalue weighted by atomic mass is 10.1. The van der Waals surface area contributed by atoms with Gasteiger partial charge in [-0.15, -0.1) is 11.3 Å². The summed E-state index contributed by atoms with van der Waals surface area (Å²) in [4.78, 5) is 25.8. The highest BCUT2D eigenvalue weighted by atomic mass is 35.5. The van der Waals surface area contributed by atoms with Gasteiger partial charge in [-0.05, 0) is 50.5 Å². The van der Waals surface area contributed by atoms with Crippen LogP contribution in [0.3, 0.4) is 0 Å². The normalized spacial score (nSPS) is 11.2. The Labute approximate surface area is 162 Å². The molecule has 1 aromatic carbocycles. The van der Waals surface area contributed by atoms with Gasteiger partial charge in [0, 0.05) is 16.0 Å². The number of carbonyl (C=O) groups is 2. The van der Waals surface area contributed by atoms with E-state index in [0.717, 1.165) is 16.0 Å². The second kappa shape index (κ2) is 9.01. The Hall–Kier alpha value is -2.11. The standard InChI is InChI=1S/C20H22ClNO3S/c1-5-15-13(4)26-19(18(15)20(24)25-12(2)3)22-17(23)11-10-14-8-6-7-9-16(14)21/h6-12H,5H2,1-4H3,(H,22,23). The van der Waals surface area contributed by atoms with E-state index >= 15 is 0 Å². The van der Waals surface area contributed by atoms with E-state index in [1.165, 1.54) is 17.4 Å². The van der Waals surface area contributed by atoms with Crippen molar-refractivity contribution in [2.24, 2.45) is 0 Å². The van der Waals surface area contributed by atoms with Crippen molar-refractivity contribution in [1.82, 2.24) is 0 Å². The number of thiophene rings is 1. The van der Waals surface area contributed by atoms with E-state index in [1.807, 2.05) is 32.0 Å². The van der Waals surface area contributed by atoms with Crippen LogP contribution in [0.15, 0.2) is 30.3 Å². The summed E-state index contributed by atoms with van der Waals surface area (Å²) in [6.45, 7) is 7.51. The number of anilines is 1. The summed E-state index contributed by atoms with van der Waals surface area (Å²) in [6, 6.07) is 7.25. The Bertz CT molecular complexity index is 840. The van der Waals surface area contributed by atoms with Crippen LogP contribution in [0.5, 0.6) is 0 Å². The third-order valence-corrected chi connectivity index (χ3v) is 5.07. The molecule has 0 fully saturated rings. The van der Waals surface area contributed by atoms with Crippen molar-refractivity contribution in [2.75, 3.05) is 5.32 Å². The third-order valence-electron chi connectivity index (χ3n) is 3.67. The number of esters is 1. The third kappa shape index (κ3) is 4.96. The minimum Gasteiger partial charge on any atom is -0.459 e.